The van der Waals surface area contributed by atoms with Gasteiger partial charge in [-0.25, -0.2) is 8.96 Å². The van der Waals surface area contributed by atoms with E-state index in [4.69, 9.17) is 4.42 Å². The maximum Gasteiger partial charge on any atom is 0.216 e. The van der Waals surface area contributed by atoms with E-state index in [0.717, 1.165) is 55.4 Å². The van der Waals surface area contributed by atoms with Gasteiger partial charge in [0.05, 0.1) is 11.0 Å². The fraction of sp³-hybridized carbons (Fsp3) is 0.121. The molecule has 0 radical (unpaired) electrons. The van der Waals surface area contributed by atoms with Gasteiger partial charge in [0.2, 0.25) is 5.69 Å². The molecule has 0 unspecified atom stereocenters. The summed E-state index contributed by atoms with van der Waals surface area (Å²) in [5, 5.41) is 1.93. The molecule has 2 heterocycles. The first-order chi connectivity index (χ1) is 17.5. The summed E-state index contributed by atoms with van der Waals surface area (Å²) in [4.78, 5) is 0. The molecular formula is C33H25FNO+. The van der Waals surface area contributed by atoms with Gasteiger partial charge in [0.1, 0.15) is 24.0 Å². The third-order valence-electron chi connectivity index (χ3n) is 8.00. The predicted molar refractivity (Wildman–Crippen MR) is 142 cm³/mol. The minimum Gasteiger partial charge on any atom is -0.455 e. The maximum atomic E-state index is 16.0. The van der Waals surface area contributed by atoms with Crippen molar-refractivity contribution in [1.82, 2.24) is 0 Å². The van der Waals surface area contributed by atoms with Crippen LogP contribution in [0, 0.1) is 12.7 Å². The highest BCUT2D eigenvalue weighted by atomic mass is 19.1. The molecule has 0 atom stereocenters. The zero-order valence-corrected chi connectivity index (χ0v) is 20.5. The van der Waals surface area contributed by atoms with E-state index >= 15 is 4.39 Å². The summed E-state index contributed by atoms with van der Waals surface area (Å²) >= 11 is 0. The summed E-state index contributed by atoms with van der Waals surface area (Å²) in [7, 11) is 2.04. The van der Waals surface area contributed by atoms with Crippen LogP contribution in [-0.4, -0.2) is 0 Å². The largest absolute Gasteiger partial charge is 0.455 e. The lowest BCUT2D eigenvalue weighted by Gasteiger charge is -2.28. The summed E-state index contributed by atoms with van der Waals surface area (Å²) < 4.78 is 24.9. The van der Waals surface area contributed by atoms with Crippen molar-refractivity contribution in [2.75, 3.05) is 0 Å². The van der Waals surface area contributed by atoms with Gasteiger partial charge in [-0.05, 0) is 59.9 Å². The Hall–Kier alpha value is -4.24. The van der Waals surface area contributed by atoms with Crippen LogP contribution in [0.25, 0.3) is 44.3 Å². The van der Waals surface area contributed by atoms with Crippen LogP contribution in [0.1, 0.15) is 29.2 Å². The van der Waals surface area contributed by atoms with Crippen molar-refractivity contribution in [3.05, 3.63) is 125 Å². The van der Waals surface area contributed by atoms with Crippen LogP contribution >= 0.6 is 0 Å². The molecule has 6 aromatic rings. The van der Waals surface area contributed by atoms with Crippen LogP contribution in [0.5, 0.6) is 0 Å². The number of aromatic nitrogens is 1. The van der Waals surface area contributed by atoms with Gasteiger partial charge in [-0.3, -0.25) is 0 Å². The van der Waals surface area contributed by atoms with Crippen molar-refractivity contribution in [1.29, 1.82) is 0 Å². The molecule has 0 fully saturated rings. The highest BCUT2D eigenvalue weighted by Gasteiger charge is 2.44. The van der Waals surface area contributed by atoms with Gasteiger partial charge in [0, 0.05) is 28.5 Å². The van der Waals surface area contributed by atoms with Crippen molar-refractivity contribution < 1.29 is 13.4 Å². The molecule has 36 heavy (non-hydrogen) atoms. The fourth-order valence-corrected chi connectivity index (χ4v) is 6.27. The number of hydrogen-bond donors (Lipinski definition) is 0. The second-order valence-electron chi connectivity index (χ2n) is 9.95. The molecule has 1 aliphatic rings. The van der Waals surface area contributed by atoms with Gasteiger partial charge in [0.25, 0.3) is 0 Å². The Morgan fingerprint density at radius 2 is 1.33 bits per heavy atom. The molecule has 4 aromatic carbocycles. The van der Waals surface area contributed by atoms with E-state index in [1.807, 2.05) is 55.7 Å². The normalized spacial score (nSPS) is 13.8. The van der Waals surface area contributed by atoms with Gasteiger partial charge in [-0.15, -0.1) is 0 Å². The van der Waals surface area contributed by atoms with Crippen LogP contribution in [0.4, 0.5) is 4.39 Å². The lowest BCUT2D eigenvalue weighted by molar-refractivity contribution is -0.660. The average molecular weight is 471 g/mol. The fourth-order valence-electron chi connectivity index (χ4n) is 6.27. The second kappa shape index (κ2) is 7.38. The zero-order chi connectivity index (χ0) is 24.6. The Morgan fingerprint density at radius 3 is 2.03 bits per heavy atom. The quantitative estimate of drug-likeness (QED) is 0.235. The number of halogens is 1. The number of rotatable bonds is 2. The first kappa shape index (κ1) is 21.1. The number of hydrogen-bond acceptors (Lipinski definition) is 1. The molecular weight excluding hydrogens is 445 g/mol. The van der Waals surface area contributed by atoms with E-state index in [-0.39, 0.29) is 5.82 Å². The highest BCUT2D eigenvalue weighted by Crippen LogP contribution is 2.55. The Kier molecular flexibility index (Phi) is 4.32. The molecule has 1 aliphatic carbocycles. The van der Waals surface area contributed by atoms with E-state index in [0.29, 0.717) is 11.1 Å². The zero-order valence-electron chi connectivity index (χ0n) is 20.5. The molecule has 0 amide bonds. The molecule has 2 nitrogen and oxygen atoms in total. The van der Waals surface area contributed by atoms with Crippen LogP contribution in [0.15, 0.2) is 102 Å². The monoisotopic (exact) mass is 470 g/mol. The molecule has 174 valence electrons. The lowest BCUT2D eigenvalue weighted by Crippen LogP contribution is -2.30. The van der Waals surface area contributed by atoms with Gasteiger partial charge < -0.3 is 4.42 Å². The van der Waals surface area contributed by atoms with Crippen LogP contribution in [0.3, 0.4) is 0 Å². The summed E-state index contributed by atoms with van der Waals surface area (Å²) in [5.41, 5.74) is 9.03. The Labute approximate surface area is 209 Å². The Morgan fingerprint density at radius 1 is 0.722 bits per heavy atom. The van der Waals surface area contributed by atoms with Crippen molar-refractivity contribution in [2.45, 2.75) is 19.3 Å². The number of fused-ring (bicyclic) bond motifs is 6. The second-order valence-corrected chi connectivity index (χ2v) is 9.95. The topological polar surface area (TPSA) is 17.0 Å². The van der Waals surface area contributed by atoms with Gasteiger partial charge in [0.15, 0.2) is 6.20 Å². The third-order valence-corrected chi connectivity index (χ3v) is 8.00. The molecule has 0 N–H and O–H groups in total. The van der Waals surface area contributed by atoms with Gasteiger partial charge >= 0.3 is 0 Å². The number of nitrogens with zero attached hydrogens (tertiary/aromatic N) is 1. The smallest absolute Gasteiger partial charge is 0.216 e. The van der Waals surface area contributed by atoms with Gasteiger partial charge in [-0.1, -0.05) is 60.7 Å². The number of benzene rings is 4. The van der Waals surface area contributed by atoms with E-state index in [2.05, 4.69) is 60.9 Å². The van der Waals surface area contributed by atoms with Crippen LogP contribution < -0.4 is 4.57 Å². The lowest BCUT2D eigenvalue weighted by atomic mass is 9.73. The first-order valence-electron chi connectivity index (χ1n) is 12.3. The number of furan rings is 1. The molecule has 0 aliphatic heterocycles. The molecule has 7 rings (SSSR count). The number of pyridine rings is 1. The standard InChI is InChI=1S/C33H25FNO/c1-20-15-16-23-24-17-18-27(34)30(32(24)36-31(23)29(20)28-14-8-9-19-35(28)3)33(2)25-12-6-4-10-21(25)22-11-5-7-13-26(22)33/h4-19H,1-3H3/q+1. The van der Waals surface area contributed by atoms with E-state index < -0.39 is 5.41 Å². The Bertz CT molecular complexity index is 1800. The van der Waals surface area contributed by atoms with Crippen molar-refractivity contribution in [2.24, 2.45) is 7.05 Å². The average Bonchev–Trinajstić information content (AvgIpc) is 3.38. The van der Waals surface area contributed by atoms with Crippen molar-refractivity contribution >= 4 is 21.9 Å². The number of aryl methyl sites for hydroxylation is 2. The minimum atomic E-state index is -0.683. The summed E-state index contributed by atoms with van der Waals surface area (Å²) in [5.74, 6) is -0.251. The molecule has 0 saturated heterocycles. The van der Waals surface area contributed by atoms with Crippen LogP contribution in [0.2, 0.25) is 0 Å². The van der Waals surface area contributed by atoms with E-state index in [1.165, 1.54) is 0 Å². The predicted octanol–water partition coefficient (Wildman–Crippen LogP) is 7.86. The Balaban J connectivity index is 1.62. The van der Waals surface area contributed by atoms with Gasteiger partial charge in [-0.2, -0.15) is 0 Å². The van der Waals surface area contributed by atoms with E-state index in [1.54, 1.807) is 6.07 Å². The summed E-state index contributed by atoms with van der Waals surface area (Å²) in [6, 6.07) is 30.5. The molecule has 2 aromatic heterocycles. The minimum absolute atomic E-state index is 0.251. The van der Waals surface area contributed by atoms with Crippen LogP contribution in [-0.2, 0) is 12.5 Å². The molecule has 3 heteroatoms. The summed E-state index contributed by atoms with van der Waals surface area (Å²) in [6.45, 7) is 4.23. The van der Waals surface area contributed by atoms with Crippen molar-refractivity contribution in [3.63, 3.8) is 0 Å². The van der Waals surface area contributed by atoms with E-state index in [9.17, 15) is 0 Å². The van der Waals surface area contributed by atoms with Crippen molar-refractivity contribution in [3.8, 4) is 22.4 Å². The molecule has 0 spiro atoms. The highest BCUT2D eigenvalue weighted by molar-refractivity contribution is 6.11. The SMILES string of the molecule is Cc1ccc2c(oc3c(C4(C)c5ccccc5-c5ccccc54)c(F)ccc32)c1-c1cccc[n+]1C. The third kappa shape index (κ3) is 2.63. The molecule has 0 bridgehead atoms. The first-order valence-corrected chi connectivity index (χ1v) is 12.3. The molecule has 0 saturated carbocycles. The summed E-state index contributed by atoms with van der Waals surface area (Å²) in [6.07, 6.45) is 2.04. The maximum absolute atomic E-state index is 16.0.